The van der Waals surface area contributed by atoms with Crippen molar-refractivity contribution in [3.8, 4) is 11.3 Å². The fraction of sp³-hybridized carbons (Fsp3) is 0.300. The van der Waals surface area contributed by atoms with Crippen LogP contribution in [0, 0.1) is 12.4 Å². The van der Waals surface area contributed by atoms with Crippen molar-refractivity contribution in [1.82, 2.24) is 19.8 Å². The van der Waals surface area contributed by atoms with Crippen molar-refractivity contribution < 1.29 is 13.7 Å². The summed E-state index contributed by atoms with van der Waals surface area (Å²) in [7, 11) is 0. The van der Waals surface area contributed by atoms with Crippen molar-refractivity contribution in [3.63, 3.8) is 0 Å². The Balaban J connectivity index is 1.42. The van der Waals surface area contributed by atoms with Gasteiger partial charge in [0.05, 0.1) is 36.6 Å². The Hall–Kier alpha value is -3.67. The number of fused-ring (bicyclic) bond motifs is 5. The second-order valence-electron chi connectivity index (χ2n) is 7.16. The SMILES string of the molecule is [C-]#[N+]c1cc(NC(=O)N2CCn3nc4c(c3C2)-c2nocc2CCC4)ccc1F. The molecular weight excluding hydrogens is 375 g/mol. The van der Waals surface area contributed by atoms with Crippen molar-refractivity contribution in [2.75, 3.05) is 11.9 Å². The fourth-order valence-corrected chi connectivity index (χ4v) is 3.96. The number of aromatic nitrogens is 3. The van der Waals surface area contributed by atoms with Crippen molar-refractivity contribution in [1.29, 1.82) is 0 Å². The van der Waals surface area contributed by atoms with Gasteiger partial charge in [0, 0.05) is 17.8 Å². The van der Waals surface area contributed by atoms with Crippen molar-refractivity contribution in [2.24, 2.45) is 0 Å². The maximum Gasteiger partial charge on any atom is 0.322 e. The molecule has 3 aromatic rings. The molecular formula is C20H17FN6O2. The number of anilines is 1. The minimum absolute atomic E-state index is 0.122. The summed E-state index contributed by atoms with van der Waals surface area (Å²) in [6.45, 7) is 8.49. The van der Waals surface area contributed by atoms with Gasteiger partial charge in [0.15, 0.2) is 0 Å². The molecule has 1 N–H and O–H groups in total. The summed E-state index contributed by atoms with van der Waals surface area (Å²) >= 11 is 0. The number of rotatable bonds is 1. The molecule has 0 fully saturated rings. The minimum Gasteiger partial charge on any atom is -0.364 e. The lowest BCUT2D eigenvalue weighted by molar-refractivity contribution is 0.194. The molecule has 0 bridgehead atoms. The molecule has 1 aliphatic heterocycles. The highest BCUT2D eigenvalue weighted by atomic mass is 19.1. The Labute approximate surface area is 165 Å². The highest BCUT2D eigenvalue weighted by Crippen LogP contribution is 2.35. The molecule has 29 heavy (non-hydrogen) atoms. The van der Waals surface area contributed by atoms with Gasteiger partial charge in [-0.3, -0.25) is 4.68 Å². The molecule has 8 nitrogen and oxygen atoms in total. The number of nitrogens with zero attached hydrogens (tertiary/aromatic N) is 5. The number of nitrogens with one attached hydrogen (secondary N) is 1. The maximum absolute atomic E-state index is 13.5. The molecule has 0 spiro atoms. The number of halogens is 1. The van der Waals surface area contributed by atoms with Crippen molar-refractivity contribution in [2.45, 2.75) is 32.4 Å². The number of carbonyl (C=O) groups excluding carboxylic acids is 1. The molecule has 1 aliphatic carbocycles. The Morgan fingerprint density at radius 2 is 2.21 bits per heavy atom. The van der Waals surface area contributed by atoms with E-state index in [1.807, 2.05) is 4.68 Å². The van der Waals surface area contributed by atoms with E-state index in [0.29, 0.717) is 25.3 Å². The number of urea groups is 1. The number of hydrogen-bond donors (Lipinski definition) is 1. The lowest BCUT2D eigenvalue weighted by atomic mass is 10.1. The zero-order chi connectivity index (χ0) is 20.0. The lowest BCUT2D eigenvalue weighted by Crippen LogP contribution is -2.41. The Morgan fingerprint density at radius 1 is 1.31 bits per heavy atom. The smallest absolute Gasteiger partial charge is 0.322 e. The summed E-state index contributed by atoms with van der Waals surface area (Å²) < 4.78 is 20.7. The topological polar surface area (TPSA) is 80.5 Å². The van der Waals surface area contributed by atoms with E-state index >= 15 is 0 Å². The Morgan fingerprint density at radius 3 is 3.07 bits per heavy atom. The molecule has 0 radical (unpaired) electrons. The van der Waals surface area contributed by atoms with E-state index in [0.717, 1.165) is 47.5 Å². The summed E-state index contributed by atoms with van der Waals surface area (Å²) in [4.78, 5) is 17.6. The maximum atomic E-state index is 13.5. The average Bonchev–Trinajstić information content (AvgIpc) is 3.28. The Bertz CT molecular complexity index is 1160. The van der Waals surface area contributed by atoms with Crippen LogP contribution < -0.4 is 5.32 Å². The first-order valence-corrected chi connectivity index (χ1v) is 9.39. The number of amides is 2. The molecule has 1 aromatic carbocycles. The van der Waals surface area contributed by atoms with Gasteiger partial charge < -0.3 is 14.7 Å². The normalized spacial score (nSPS) is 15.0. The molecule has 0 saturated carbocycles. The lowest BCUT2D eigenvalue weighted by Gasteiger charge is -2.28. The minimum atomic E-state index is -0.606. The van der Waals surface area contributed by atoms with E-state index in [1.54, 1.807) is 11.2 Å². The van der Waals surface area contributed by atoms with E-state index in [2.05, 4.69) is 15.3 Å². The standard InChI is InChI=1S/C20H17FN6O2/c1-22-16-9-13(5-6-14(16)21)23-20(28)26-7-8-27-17(10-26)18-15(24-27)4-2-3-12-11-29-25-19(12)18/h5-6,9,11H,2-4,7-8,10H2,(H,23,28). The van der Waals surface area contributed by atoms with Crippen LogP contribution in [0.15, 0.2) is 29.0 Å². The van der Waals surface area contributed by atoms with Gasteiger partial charge in [0.25, 0.3) is 0 Å². The number of benzene rings is 1. The Kier molecular flexibility index (Phi) is 4.05. The van der Waals surface area contributed by atoms with Gasteiger partial charge in [0.1, 0.15) is 17.8 Å². The van der Waals surface area contributed by atoms with Crippen LogP contribution in [0.4, 0.5) is 20.6 Å². The molecule has 2 aliphatic rings. The third kappa shape index (κ3) is 2.93. The van der Waals surface area contributed by atoms with Gasteiger partial charge in [-0.05, 0) is 37.5 Å². The van der Waals surface area contributed by atoms with E-state index < -0.39 is 5.82 Å². The molecule has 0 saturated heterocycles. The molecule has 2 amide bonds. The van der Waals surface area contributed by atoms with Gasteiger partial charge in [0.2, 0.25) is 5.69 Å². The fourth-order valence-electron chi connectivity index (χ4n) is 3.96. The average molecular weight is 392 g/mol. The highest BCUT2D eigenvalue weighted by Gasteiger charge is 2.31. The van der Waals surface area contributed by atoms with Gasteiger partial charge in [-0.25, -0.2) is 14.0 Å². The predicted molar refractivity (Wildman–Crippen MR) is 102 cm³/mol. The van der Waals surface area contributed by atoms with Crippen LogP contribution in [0.5, 0.6) is 0 Å². The largest absolute Gasteiger partial charge is 0.364 e. The number of carbonyl (C=O) groups is 1. The van der Waals surface area contributed by atoms with Crippen LogP contribution in [-0.2, 0) is 25.9 Å². The predicted octanol–water partition coefficient (Wildman–Crippen LogP) is 3.76. The zero-order valence-electron chi connectivity index (χ0n) is 15.5. The van der Waals surface area contributed by atoms with E-state index in [1.165, 1.54) is 18.2 Å². The summed E-state index contributed by atoms with van der Waals surface area (Å²) in [6, 6.07) is 3.66. The molecule has 9 heteroatoms. The van der Waals surface area contributed by atoms with Crippen LogP contribution in [0.25, 0.3) is 16.1 Å². The molecule has 0 atom stereocenters. The van der Waals surface area contributed by atoms with Crippen LogP contribution >= 0.6 is 0 Å². The van der Waals surface area contributed by atoms with Crippen LogP contribution in [0.1, 0.15) is 23.4 Å². The summed E-state index contributed by atoms with van der Waals surface area (Å²) in [5.74, 6) is -0.606. The third-order valence-electron chi connectivity index (χ3n) is 5.40. The van der Waals surface area contributed by atoms with Crippen LogP contribution in [0.2, 0.25) is 0 Å². The second-order valence-corrected chi connectivity index (χ2v) is 7.16. The van der Waals surface area contributed by atoms with Gasteiger partial charge in [-0.2, -0.15) is 5.10 Å². The first-order chi connectivity index (χ1) is 14.1. The van der Waals surface area contributed by atoms with Crippen molar-refractivity contribution >= 4 is 17.4 Å². The first kappa shape index (κ1) is 17.4. The second kappa shape index (κ2) is 6.74. The van der Waals surface area contributed by atoms with Gasteiger partial charge in [-0.15, -0.1) is 0 Å². The number of aryl methyl sites for hydroxylation is 2. The molecule has 2 aromatic heterocycles. The van der Waals surface area contributed by atoms with E-state index in [-0.39, 0.29) is 11.7 Å². The van der Waals surface area contributed by atoms with E-state index in [9.17, 15) is 9.18 Å². The monoisotopic (exact) mass is 392 g/mol. The summed E-state index contributed by atoms with van der Waals surface area (Å²) in [6.07, 6.45) is 4.43. The first-order valence-electron chi connectivity index (χ1n) is 9.39. The number of hydrogen-bond acceptors (Lipinski definition) is 4. The van der Waals surface area contributed by atoms with Gasteiger partial charge in [-0.1, -0.05) is 5.16 Å². The molecule has 0 unspecified atom stereocenters. The zero-order valence-corrected chi connectivity index (χ0v) is 15.5. The van der Waals surface area contributed by atoms with Crippen LogP contribution in [-0.4, -0.2) is 32.4 Å². The van der Waals surface area contributed by atoms with Crippen molar-refractivity contribution in [3.05, 3.63) is 58.6 Å². The molecule has 3 heterocycles. The summed E-state index contributed by atoms with van der Waals surface area (Å²) in [5.41, 5.74) is 5.07. The molecule has 146 valence electrons. The third-order valence-corrected chi connectivity index (χ3v) is 5.40. The summed E-state index contributed by atoms with van der Waals surface area (Å²) in [5, 5.41) is 11.7. The van der Waals surface area contributed by atoms with Crippen LogP contribution in [0.3, 0.4) is 0 Å². The van der Waals surface area contributed by atoms with Gasteiger partial charge >= 0.3 is 6.03 Å². The van der Waals surface area contributed by atoms with E-state index in [4.69, 9.17) is 16.2 Å². The molecule has 5 rings (SSSR count). The highest BCUT2D eigenvalue weighted by molar-refractivity contribution is 5.90. The quantitative estimate of drug-likeness (QED) is 0.640.